The maximum Gasteiger partial charge on any atom is 0.391 e. The van der Waals surface area contributed by atoms with Gasteiger partial charge in [0.2, 0.25) is 0 Å². The second kappa shape index (κ2) is 6.24. The van der Waals surface area contributed by atoms with Crippen molar-refractivity contribution in [1.29, 1.82) is 0 Å². The molecule has 0 spiro atoms. The molecule has 0 saturated carbocycles. The van der Waals surface area contributed by atoms with E-state index in [9.17, 15) is 17.7 Å². The molecule has 0 unspecified atom stereocenters. The van der Waals surface area contributed by atoms with Crippen LogP contribution >= 0.6 is 0 Å². The summed E-state index contributed by atoms with van der Waals surface area (Å²) in [7, 11) is 0. The standard InChI is InChI=1S/C12H14F3NOS/c1-9-3-5-11(6-4-9)18(17)16-8-7-10(2)12(13,14)15/h3-6,8,10H,7H2,1-2H3/t10-,18+/m1/s1. The molecule has 1 rings (SSSR count). The Morgan fingerprint density at radius 2 is 1.89 bits per heavy atom. The van der Waals surface area contributed by atoms with Gasteiger partial charge in [-0.15, -0.1) is 0 Å². The molecule has 0 heterocycles. The second-order valence-corrected chi connectivity index (χ2v) is 5.21. The van der Waals surface area contributed by atoms with Crippen LogP contribution in [0.4, 0.5) is 13.2 Å². The molecule has 0 radical (unpaired) electrons. The molecule has 1 aromatic carbocycles. The van der Waals surface area contributed by atoms with Crippen LogP contribution < -0.4 is 0 Å². The van der Waals surface area contributed by atoms with Crippen molar-refractivity contribution >= 4 is 17.6 Å². The lowest BCUT2D eigenvalue weighted by molar-refractivity contribution is -0.167. The van der Waals surface area contributed by atoms with E-state index >= 15 is 0 Å². The Balaban J connectivity index is 2.54. The summed E-state index contributed by atoms with van der Waals surface area (Å²) in [4.78, 5) is 0.483. The average Bonchev–Trinajstić information content (AvgIpc) is 2.28. The number of halogens is 3. The van der Waals surface area contributed by atoms with Crippen LogP contribution in [-0.2, 0) is 11.4 Å². The number of aryl methyl sites for hydroxylation is 1. The summed E-state index contributed by atoms with van der Waals surface area (Å²) in [6, 6.07) is 6.86. The lowest BCUT2D eigenvalue weighted by Crippen LogP contribution is -2.20. The maximum absolute atomic E-state index is 12.2. The third-order valence-corrected chi connectivity index (χ3v) is 3.43. The number of rotatable bonds is 4. The van der Waals surface area contributed by atoms with Gasteiger partial charge in [-0.2, -0.15) is 13.2 Å². The summed E-state index contributed by atoms with van der Waals surface area (Å²) in [6.07, 6.45) is -3.42. The normalized spacial score (nSPS) is 15.9. The lowest BCUT2D eigenvalue weighted by Gasteiger charge is -2.12. The fraction of sp³-hybridized carbons (Fsp3) is 0.417. The summed E-state index contributed by atoms with van der Waals surface area (Å²) < 4.78 is 51.9. The van der Waals surface area contributed by atoms with Gasteiger partial charge < -0.3 is 4.55 Å². The highest BCUT2D eigenvalue weighted by Crippen LogP contribution is 2.27. The zero-order valence-corrected chi connectivity index (χ0v) is 10.9. The van der Waals surface area contributed by atoms with Gasteiger partial charge in [-0.25, -0.2) is 0 Å². The van der Waals surface area contributed by atoms with E-state index in [-0.39, 0.29) is 6.42 Å². The molecule has 0 amide bonds. The van der Waals surface area contributed by atoms with E-state index in [1.54, 1.807) is 24.3 Å². The molecule has 2 nitrogen and oxygen atoms in total. The highest BCUT2D eigenvalue weighted by molar-refractivity contribution is 7.90. The number of hydrogen-bond donors (Lipinski definition) is 0. The Morgan fingerprint density at radius 1 is 1.33 bits per heavy atom. The number of alkyl halides is 3. The molecule has 0 saturated heterocycles. The Labute approximate surface area is 107 Å². The summed E-state index contributed by atoms with van der Waals surface area (Å²) in [5, 5.41) is 0. The van der Waals surface area contributed by atoms with Crippen LogP contribution in [0.5, 0.6) is 0 Å². The largest absolute Gasteiger partial charge is 0.586 e. The first-order chi connectivity index (χ1) is 8.30. The molecule has 0 aromatic heterocycles. The van der Waals surface area contributed by atoms with Gasteiger partial charge in [0.15, 0.2) is 4.90 Å². The van der Waals surface area contributed by atoms with Crippen molar-refractivity contribution < 1.29 is 17.7 Å². The van der Waals surface area contributed by atoms with Crippen LogP contribution in [0.2, 0.25) is 0 Å². The highest BCUT2D eigenvalue weighted by atomic mass is 32.2. The SMILES string of the molecule is Cc1ccc([S@+]([O-])N=CC[C@@H](C)C(F)(F)F)cc1. The predicted octanol–water partition coefficient (Wildman–Crippen LogP) is 3.68. The average molecular weight is 277 g/mol. The van der Waals surface area contributed by atoms with Gasteiger partial charge in [0.05, 0.1) is 12.1 Å². The van der Waals surface area contributed by atoms with Crippen LogP contribution in [0.3, 0.4) is 0 Å². The molecule has 0 N–H and O–H groups in total. The molecular weight excluding hydrogens is 263 g/mol. The molecule has 0 bridgehead atoms. The number of hydrogen-bond acceptors (Lipinski definition) is 2. The summed E-state index contributed by atoms with van der Waals surface area (Å²) in [5.41, 5.74) is 1.02. The van der Waals surface area contributed by atoms with Crippen molar-refractivity contribution in [2.24, 2.45) is 10.3 Å². The van der Waals surface area contributed by atoms with E-state index in [1.165, 1.54) is 0 Å². The van der Waals surface area contributed by atoms with E-state index in [0.29, 0.717) is 4.90 Å². The smallest absolute Gasteiger partial charge is 0.391 e. The first-order valence-corrected chi connectivity index (χ1v) is 6.49. The van der Waals surface area contributed by atoms with Crippen LogP contribution in [-0.4, -0.2) is 16.9 Å². The molecule has 100 valence electrons. The summed E-state index contributed by atoms with van der Waals surface area (Å²) in [5.74, 6) is -1.48. The highest BCUT2D eigenvalue weighted by Gasteiger charge is 2.35. The fourth-order valence-electron chi connectivity index (χ4n) is 1.12. The van der Waals surface area contributed by atoms with E-state index in [4.69, 9.17) is 0 Å². The lowest BCUT2D eigenvalue weighted by atomic mass is 10.1. The van der Waals surface area contributed by atoms with E-state index in [1.807, 2.05) is 6.92 Å². The van der Waals surface area contributed by atoms with Crippen molar-refractivity contribution in [2.75, 3.05) is 0 Å². The van der Waals surface area contributed by atoms with Crippen LogP contribution in [0.1, 0.15) is 18.9 Å². The van der Waals surface area contributed by atoms with Crippen LogP contribution in [0.25, 0.3) is 0 Å². The number of nitrogens with zero attached hydrogens (tertiary/aromatic N) is 1. The predicted molar refractivity (Wildman–Crippen MR) is 65.9 cm³/mol. The third kappa shape index (κ3) is 4.70. The molecule has 0 fully saturated rings. The van der Waals surface area contributed by atoms with Gasteiger partial charge in [0, 0.05) is 0 Å². The molecule has 0 aliphatic carbocycles. The van der Waals surface area contributed by atoms with E-state index < -0.39 is 23.5 Å². The van der Waals surface area contributed by atoms with Crippen molar-refractivity contribution in [3.8, 4) is 0 Å². The summed E-state index contributed by atoms with van der Waals surface area (Å²) >= 11 is -1.63. The molecular formula is C12H14F3NOS. The quantitative estimate of drug-likeness (QED) is 0.611. The molecule has 0 aliphatic heterocycles. The van der Waals surface area contributed by atoms with Crippen LogP contribution in [0.15, 0.2) is 33.6 Å². The first-order valence-electron chi connectivity index (χ1n) is 5.38. The zero-order chi connectivity index (χ0) is 13.8. The molecule has 0 aliphatic rings. The van der Waals surface area contributed by atoms with Crippen molar-refractivity contribution in [2.45, 2.75) is 31.3 Å². The minimum atomic E-state index is -4.24. The fourth-order valence-corrected chi connectivity index (χ4v) is 1.83. The van der Waals surface area contributed by atoms with E-state index in [2.05, 4.69) is 4.40 Å². The maximum atomic E-state index is 12.2. The van der Waals surface area contributed by atoms with Gasteiger partial charge in [0.1, 0.15) is 11.4 Å². The second-order valence-electron chi connectivity index (χ2n) is 4.03. The number of benzene rings is 1. The van der Waals surface area contributed by atoms with Gasteiger partial charge >= 0.3 is 6.18 Å². The molecule has 6 heteroatoms. The monoisotopic (exact) mass is 277 g/mol. The van der Waals surface area contributed by atoms with Crippen molar-refractivity contribution in [3.05, 3.63) is 29.8 Å². The minimum Gasteiger partial charge on any atom is -0.586 e. The first kappa shape index (κ1) is 15.0. The zero-order valence-electron chi connectivity index (χ0n) is 10.1. The molecule has 1 aromatic rings. The van der Waals surface area contributed by atoms with E-state index in [0.717, 1.165) is 18.7 Å². The molecule has 2 atom stereocenters. The Morgan fingerprint density at radius 3 is 2.39 bits per heavy atom. The van der Waals surface area contributed by atoms with Crippen molar-refractivity contribution in [1.82, 2.24) is 0 Å². The Bertz CT molecular complexity index is 403. The van der Waals surface area contributed by atoms with Crippen LogP contribution in [0, 0.1) is 12.8 Å². The minimum absolute atomic E-state index is 0.263. The molecule has 18 heavy (non-hydrogen) atoms. The Kier molecular flexibility index (Phi) is 5.22. The van der Waals surface area contributed by atoms with Gasteiger partial charge in [0.25, 0.3) is 0 Å². The van der Waals surface area contributed by atoms with Gasteiger partial charge in [-0.3, -0.25) is 0 Å². The summed E-state index contributed by atoms with van der Waals surface area (Å²) in [6.45, 7) is 2.96. The third-order valence-electron chi connectivity index (χ3n) is 2.41. The van der Waals surface area contributed by atoms with Gasteiger partial charge in [-0.1, -0.05) is 29.0 Å². The van der Waals surface area contributed by atoms with Crippen molar-refractivity contribution in [3.63, 3.8) is 0 Å². The topological polar surface area (TPSA) is 35.4 Å². The Hall–Kier alpha value is -1.01. The van der Waals surface area contributed by atoms with Gasteiger partial charge in [-0.05, 0) is 25.5 Å².